The average Bonchev–Trinajstić information content (AvgIpc) is 2.49. The number of carbonyl (C=O) groups is 2. The van der Waals surface area contributed by atoms with Crippen LogP contribution >= 0.6 is 0 Å². The summed E-state index contributed by atoms with van der Waals surface area (Å²) in [7, 11) is 1.57. The fraction of sp³-hybridized carbons (Fsp3) is 0.500. The highest BCUT2D eigenvalue weighted by Crippen LogP contribution is 2.15. The van der Waals surface area contributed by atoms with Gasteiger partial charge in [-0.1, -0.05) is 25.0 Å². The molecule has 1 unspecified atom stereocenters. The predicted molar refractivity (Wildman–Crippen MR) is 79.9 cm³/mol. The predicted octanol–water partition coefficient (Wildman–Crippen LogP) is 2.70. The number of ether oxygens (including phenoxy) is 2. The Morgan fingerprint density at radius 2 is 1.95 bits per heavy atom. The Morgan fingerprint density at radius 3 is 2.59 bits per heavy atom. The van der Waals surface area contributed by atoms with Gasteiger partial charge in [-0.25, -0.2) is 4.79 Å². The molecular weight excluding hydrogens is 288 g/mol. The summed E-state index contributed by atoms with van der Waals surface area (Å²) in [5.74, 6) is -1.13. The molecule has 1 rings (SSSR count). The number of hydrogen-bond donors (Lipinski definition) is 2. The van der Waals surface area contributed by atoms with Crippen LogP contribution in [0.25, 0.3) is 0 Å². The quantitative estimate of drug-likeness (QED) is 0.610. The zero-order valence-electron chi connectivity index (χ0n) is 12.7. The fourth-order valence-electron chi connectivity index (χ4n) is 2.02. The van der Waals surface area contributed by atoms with Gasteiger partial charge in [0.15, 0.2) is 6.10 Å². The molecule has 6 nitrogen and oxygen atoms in total. The standard InChI is InChI=1S/C16H22O6/c1-21-13-7-5-6-12(10-13)11-22-14(16(19)20)8-3-2-4-9-15(17)18/h5-7,10,14H,2-4,8-9,11H2,1H3,(H,17,18)(H,19,20). The van der Waals surface area contributed by atoms with Crippen molar-refractivity contribution >= 4 is 11.9 Å². The van der Waals surface area contributed by atoms with Crippen LogP contribution in [0.5, 0.6) is 5.75 Å². The first-order valence-corrected chi connectivity index (χ1v) is 7.22. The lowest BCUT2D eigenvalue weighted by molar-refractivity contribution is -0.151. The van der Waals surface area contributed by atoms with E-state index < -0.39 is 18.0 Å². The van der Waals surface area contributed by atoms with Crippen molar-refractivity contribution in [2.45, 2.75) is 44.8 Å². The van der Waals surface area contributed by atoms with E-state index in [0.29, 0.717) is 31.4 Å². The second-order valence-corrected chi connectivity index (χ2v) is 4.98. The van der Waals surface area contributed by atoms with E-state index in [1.807, 2.05) is 12.1 Å². The lowest BCUT2D eigenvalue weighted by Crippen LogP contribution is -2.23. The first kappa shape index (κ1) is 18.0. The molecule has 2 N–H and O–H groups in total. The van der Waals surface area contributed by atoms with E-state index in [1.165, 1.54) is 0 Å². The van der Waals surface area contributed by atoms with Gasteiger partial charge in [-0.05, 0) is 30.5 Å². The molecule has 122 valence electrons. The molecule has 0 aromatic heterocycles. The first-order valence-electron chi connectivity index (χ1n) is 7.22. The number of carboxylic acids is 2. The first-order chi connectivity index (χ1) is 10.5. The number of methoxy groups -OCH3 is 1. The molecule has 0 spiro atoms. The van der Waals surface area contributed by atoms with Gasteiger partial charge in [0.05, 0.1) is 13.7 Å². The Labute approximate surface area is 129 Å². The lowest BCUT2D eigenvalue weighted by Gasteiger charge is -2.14. The van der Waals surface area contributed by atoms with Crippen molar-refractivity contribution in [2.75, 3.05) is 7.11 Å². The SMILES string of the molecule is COc1cccc(COC(CCCCCC(=O)O)C(=O)O)c1. The van der Waals surface area contributed by atoms with Gasteiger partial charge >= 0.3 is 11.9 Å². The number of hydrogen-bond acceptors (Lipinski definition) is 4. The van der Waals surface area contributed by atoms with E-state index in [0.717, 1.165) is 5.56 Å². The molecule has 1 atom stereocenters. The van der Waals surface area contributed by atoms with Gasteiger partial charge in [0.2, 0.25) is 0 Å². The third kappa shape index (κ3) is 7.08. The minimum Gasteiger partial charge on any atom is -0.497 e. The molecule has 0 heterocycles. The molecule has 0 aliphatic carbocycles. The van der Waals surface area contributed by atoms with Gasteiger partial charge in [0, 0.05) is 6.42 Å². The molecule has 1 aromatic rings. The topological polar surface area (TPSA) is 93.1 Å². The summed E-state index contributed by atoms with van der Waals surface area (Å²) >= 11 is 0. The van der Waals surface area contributed by atoms with Gasteiger partial charge in [-0.3, -0.25) is 4.79 Å². The highest BCUT2D eigenvalue weighted by Gasteiger charge is 2.17. The summed E-state index contributed by atoms with van der Waals surface area (Å²) < 4.78 is 10.5. The number of unbranched alkanes of at least 4 members (excludes halogenated alkanes) is 2. The molecule has 0 amide bonds. The summed E-state index contributed by atoms with van der Waals surface area (Å²) in [6.07, 6.45) is 1.47. The summed E-state index contributed by atoms with van der Waals surface area (Å²) in [5.41, 5.74) is 0.844. The molecule has 0 saturated heterocycles. The summed E-state index contributed by atoms with van der Waals surface area (Å²) in [6, 6.07) is 7.26. The fourth-order valence-corrected chi connectivity index (χ4v) is 2.02. The molecule has 0 bridgehead atoms. The number of benzene rings is 1. The molecule has 1 aromatic carbocycles. The number of aliphatic carboxylic acids is 2. The van der Waals surface area contributed by atoms with Gasteiger partial charge in [-0.15, -0.1) is 0 Å². The van der Waals surface area contributed by atoms with Crippen molar-refractivity contribution in [3.63, 3.8) is 0 Å². The van der Waals surface area contributed by atoms with E-state index in [9.17, 15) is 9.59 Å². The summed E-state index contributed by atoms with van der Waals surface area (Å²) in [5, 5.41) is 17.7. The van der Waals surface area contributed by atoms with E-state index in [1.54, 1.807) is 19.2 Å². The van der Waals surface area contributed by atoms with E-state index in [4.69, 9.17) is 19.7 Å². The van der Waals surface area contributed by atoms with Gasteiger partial charge in [0.25, 0.3) is 0 Å². The van der Waals surface area contributed by atoms with E-state index in [-0.39, 0.29) is 13.0 Å². The van der Waals surface area contributed by atoms with Crippen molar-refractivity contribution in [2.24, 2.45) is 0 Å². The van der Waals surface area contributed by atoms with Crippen LogP contribution in [0.1, 0.15) is 37.7 Å². The Morgan fingerprint density at radius 1 is 1.18 bits per heavy atom. The minimum atomic E-state index is -0.999. The Bertz CT molecular complexity index is 485. The molecule has 22 heavy (non-hydrogen) atoms. The molecule has 0 aliphatic heterocycles. The van der Waals surface area contributed by atoms with Crippen LogP contribution in [0.4, 0.5) is 0 Å². The van der Waals surface area contributed by atoms with Gasteiger partial charge in [0.1, 0.15) is 5.75 Å². The maximum absolute atomic E-state index is 11.2. The monoisotopic (exact) mass is 310 g/mol. The van der Waals surface area contributed by atoms with Gasteiger partial charge < -0.3 is 19.7 Å². The van der Waals surface area contributed by atoms with Crippen molar-refractivity contribution in [1.82, 2.24) is 0 Å². The van der Waals surface area contributed by atoms with Crippen LogP contribution in [0.3, 0.4) is 0 Å². The zero-order chi connectivity index (χ0) is 16.4. The van der Waals surface area contributed by atoms with Crippen LogP contribution < -0.4 is 4.74 Å². The highest BCUT2D eigenvalue weighted by atomic mass is 16.5. The Hall–Kier alpha value is -2.08. The van der Waals surface area contributed by atoms with Crippen molar-refractivity contribution in [3.05, 3.63) is 29.8 Å². The second kappa shape index (κ2) is 9.78. The number of rotatable bonds is 11. The van der Waals surface area contributed by atoms with E-state index in [2.05, 4.69) is 0 Å². The second-order valence-electron chi connectivity index (χ2n) is 4.98. The molecule has 6 heteroatoms. The number of carboxylic acid groups (broad SMARTS) is 2. The third-order valence-electron chi connectivity index (χ3n) is 3.22. The molecule has 0 saturated carbocycles. The normalized spacial score (nSPS) is 11.9. The Balaban J connectivity index is 2.37. The van der Waals surface area contributed by atoms with Crippen molar-refractivity contribution < 1.29 is 29.3 Å². The largest absolute Gasteiger partial charge is 0.497 e. The smallest absolute Gasteiger partial charge is 0.332 e. The van der Waals surface area contributed by atoms with E-state index >= 15 is 0 Å². The summed E-state index contributed by atoms with van der Waals surface area (Å²) in [4.78, 5) is 21.6. The van der Waals surface area contributed by atoms with Crippen LogP contribution in [-0.2, 0) is 20.9 Å². The van der Waals surface area contributed by atoms with Gasteiger partial charge in [-0.2, -0.15) is 0 Å². The van der Waals surface area contributed by atoms with Crippen LogP contribution in [0, 0.1) is 0 Å². The third-order valence-corrected chi connectivity index (χ3v) is 3.22. The lowest BCUT2D eigenvalue weighted by atomic mass is 10.1. The molecule has 0 radical (unpaired) electrons. The zero-order valence-corrected chi connectivity index (χ0v) is 12.7. The maximum Gasteiger partial charge on any atom is 0.332 e. The van der Waals surface area contributed by atoms with Crippen molar-refractivity contribution in [1.29, 1.82) is 0 Å². The average molecular weight is 310 g/mol. The summed E-state index contributed by atoms with van der Waals surface area (Å²) in [6.45, 7) is 0.198. The molecule has 0 aliphatic rings. The minimum absolute atomic E-state index is 0.113. The van der Waals surface area contributed by atoms with Crippen LogP contribution in [0.15, 0.2) is 24.3 Å². The Kier molecular flexibility index (Phi) is 7.99. The molecule has 0 fully saturated rings. The van der Waals surface area contributed by atoms with Crippen molar-refractivity contribution in [3.8, 4) is 5.75 Å². The van der Waals surface area contributed by atoms with Crippen LogP contribution in [-0.4, -0.2) is 35.4 Å². The maximum atomic E-state index is 11.2. The van der Waals surface area contributed by atoms with Crippen LogP contribution in [0.2, 0.25) is 0 Å². The highest BCUT2D eigenvalue weighted by molar-refractivity contribution is 5.72. The molecular formula is C16H22O6.